The fourth-order valence-corrected chi connectivity index (χ4v) is 1.96. The Labute approximate surface area is 107 Å². The van der Waals surface area contributed by atoms with Crippen LogP contribution in [-0.4, -0.2) is 17.8 Å². The Morgan fingerprint density at radius 2 is 1.94 bits per heavy atom. The molecule has 0 aliphatic heterocycles. The second-order valence-corrected chi connectivity index (χ2v) is 5.18. The van der Waals surface area contributed by atoms with Crippen molar-refractivity contribution in [1.82, 2.24) is 0 Å². The Bertz CT molecular complexity index is 401. The maximum atomic E-state index is 11.0. The second-order valence-electron chi connectivity index (χ2n) is 5.18. The van der Waals surface area contributed by atoms with Gasteiger partial charge in [0.25, 0.3) is 0 Å². The number of nitro groups is 1. The van der Waals surface area contributed by atoms with E-state index in [1.807, 2.05) is 30.3 Å². The maximum Gasteiger partial charge on any atom is 0.207 e. The second kappa shape index (κ2) is 6.28. The highest BCUT2D eigenvalue weighted by atomic mass is 16.6. The lowest BCUT2D eigenvalue weighted by Crippen LogP contribution is -2.32. The molecule has 1 aromatic rings. The number of carbonyl (C=O) groups excluding carboxylic acids is 1. The van der Waals surface area contributed by atoms with Gasteiger partial charge in [-0.05, 0) is 18.4 Å². The molecule has 0 bridgehead atoms. The van der Waals surface area contributed by atoms with Gasteiger partial charge in [0.1, 0.15) is 6.29 Å². The molecule has 0 saturated heterocycles. The molecule has 1 aromatic carbocycles. The minimum atomic E-state index is -0.651. The summed E-state index contributed by atoms with van der Waals surface area (Å²) in [7, 11) is 0. The first kappa shape index (κ1) is 14.4. The van der Waals surface area contributed by atoms with Crippen LogP contribution in [0.15, 0.2) is 30.3 Å². The Hall–Kier alpha value is -1.71. The van der Waals surface area contributed by atoms with E-state index in [1.54, 1.807) is 13.8 Å². The van der Waals surface area contributed by atoms with Crippen molar-refractivity contribution in [3.8, 4) is 0 Å². The van der Waals surface area contributed by atoms with Gasteiger partial charge in [0, 0.05) is 16.3 Å². The summed E-state index contributed by atoms with van der Waals surface area (Å²) in [5.41, 5.74) is 0.495. The summed E-state index contributed by atoms with van der Waals surface area (Å²) in [6, 6.07) is 9.83. The van der Waals surface area contributed by atoms with Crippen LogP contribution in [0.5, 0.6) is 0 Å². The highest BCUT2D eigenvalue weighted by Crippen LogP contribution is 2.28. The molecular formula is C14H19NO3. The van der Waals surface area contributed by atoms with Crippen LogP contribution in [0.2, 0.25) is 0 Å². The summed E-state index contributed by atoms with van der Waals surface area (Å²) in [5.74, 6) is -0.231. The van der Waals surface area contributed by atoms with Crippen molar-refractivity contribution in [3.05, 3.63) is 46.0 Å². The number of carbonyl (C=O) groups is 1. The van der Waals surface area contributed by atoms with Gasteiger partial charge in [0.15, 0.2) is 0 Å². The number of nitrogens with zero attached hydrogens (tertiary/aromatic N) is 1. The molecule has 4 heteroatoms. The highest BCUT2D eigenvalue weighted by molar-refractivity contribution is 5.58. The largest absolute Gasteiger partial charge is 0.303 e. The summed E-state index contributed by atoms with van der Waals surface area (Å²) in [6.07, 6.45) is 2.24. The van der Waals surface area contributed by atoms with Crippen LogP contribution in [0.3, 0.4) is 0 Å². The molecular weight excluding hydrogens is 230 g/mol. The van der Waals surface area contributed by atoms with Crippen LogP contribution in [0, 0.1) is 21.4 Å². The zero-order chi connectivity index (χ0) is 13.6. The van der Waals surface area contributed by atoms with Gasteiger partial charge in [-0.3, -0.25) is 10.1 Å². The zero-order valence-corrected chi connectivity index (χ0v) is 10.8. The van der Waals surface area contributed by atoms with Crippen molar-refractivity contribution in [1.29, 1.82) is 0 Å². The van der Waals surface area contributed by atoms with Gasteiger partial charge < -0.3 is 4.79 Å². The topological polar surface area (TPSA) is 60.2 Å². The molecule has 0 spiro atoms. The fourth-order valence-electron chi connectivity index (χ4n) is 1.96. The van der Waals surface area contributed by atoms with Gasteiger partial charge in [0.05, 0.1) is 0 Å². The van der Waals surface area contributed by atoms with Crippen LogP contribution >= 0.6 is 0 Å². The summed E-state index contributed by atoms with van der Waals surface area (Å²) >= 11 is 0. The van der Waals surface area contributed by atoms with E-state index in [4.69, 9.17) is 0 Å². The average Bonchev–Trinajstić information content (AvgIpc) is 2.35. The lowest BCUT2D eigenvalue weighted by atomic mass is 9.77. The molecule has 0 aromatic heterocycles. The number of benzene rings is 1. The van der Waals surface area contributed by atoms with Crippen molar-refractivity contribution in [3.63, 3.8) is 0 Å². The van der Waals surface area contributed by atoms with E-state index >= 15 is 0 Å². The molecule has 18 heavy (non-hydrogen) atoms. The van der Waals surface area contributed by atoms with Crippen molar-refractivity contribution in [2.24, 2.45) is 11.3 Å². The van der Waals surface area contributed by atoms with Crippen molar-refractivity contribution >= 4 is 6.29 Å². The van der Waals surface area contributed by atoms with E-state index in [0.717, 1.165) is 18.3 Å². The first-order valence-electron chi connectivity index (χ1n) is 6.08. The molecule has 0 amide bonds. The molecule has 0 radical (unpaired) electrons. The Morgan fingerprint density at radius 1 is 1.33 bits per heavy atom. The molecule has 4 nitrogen and oxygen atoms in total. The van der Waals surface area contributed by atoms with Gasteiger partial charge in [0.2, 0.25) is 6.54 Å². The average molecular weight is 249 g/mol. The molecule has 0 N–H and O–H groups in total. The number of aldehydes is 1. The van der Waals surface area contributed by atoms with Gasteiger partial charge in [-0.2, -0.15) is 0 Å². The molecule has 1 rings (SSSR count). The number of hydrogen-bond donors (Lipinski definition) is 0. The summed E-state index contributed by atoms with van der Waals surface area (Å²) in [5, 5.41) is 10.7. The standard InChI is InChI=1S/C14H19NO3/c1-14(2,11-16)13(10-15(17)18)9-8-12-6-4-3-5-7-12/h3-7,11,13H,8-10H2,1-2H3/t13-/m0/s1. The molecule has 1 atom stereocenters. The van der Waals surface area contributed by atoms with E-state index < -0.39 is 5.41 Å². The third-order valence-electron chi connectivity index (χ3n) is 3.35. The van der Waals surface area contributed by atoms with E-state index in [-0.39, 0.29) is 17.4 Å². The van der Waals surface area contributed by atoms with E-state index in [9.17, 15) is 14.9 Å². The summed E-state index contributed by atoms with van der Waals surface area (Å²) < 4.78 is 0. The predicted molar refractivity (Wildman–Crippen MR) is 70.0 cm³/mol. The van der Waals surface area contributed by atoms with Gasteiger partial charge in [-0.25, -0.2) is 0 Å². The van der Waals surface area contributed by atoms with Crippen LogP contribution in [0.4, 0.5) is 0 Å². The summed E-state index contributed by atoms with van der Waals surface area (Å²) in [6.45, 7) is 3.37. The SMILES string of the molecule is CC(C)(C=O)[C@@H](CCc1ccccc1)C[N+](=O)[O-]. The van der Waals surface area contributed by atoms with Crippen LogP contribution in [0.25, 0.3) is 0 Å². The summed E-state index contributed by atoms with van der Waals surface area (Å²) in [4.78, 5) is 21.4. The van der Waals surface area contributed by atoms with E-state index in [0.29, 0.717) is 6.42 Å². The molecule has 0 heterocycles. The first-order chi connectivity index (χ1) is 8.45. The minimum Gasteiger partial charge on any atom is -0.303 e. The molecule has 0 saturated carbocycles. The molecule has 0 unspecified atom stereocenters. The third kappa shape index (κ3) is 4.28. The van der Waals surface area contributed by atoms with Gasteiger partial charge in [-0.15, -0.1) is 0 Å². The smallest absolute Gasteiger partial charge is 0.207 e. The number of rotatable bonds is 7. The van der Waals surface area contributed by atoms with Crippen LogP contribution < -0.4 is 0 Å². The first-order valence-corrected chi connectivity index (χ1v) is 6.08. The predicted octanol–water partition coefficient (Wildman–Crippen LogP) is 2.74. The monoisotopic (exact) mass is 249 g/mol. The van der Waals surface area contributed by atoms with Crippen molar-refractivity contribution in [2.75, 3.05) is 6.54 Å². The molecule has 98 valence electrons. The van der Waals surface area contributed by atoms with Gasteiger partial charge in [-0.1, -0.05) is 44.2 Å². The molecule has 0 aliphatic carbocycles. The molecule has 0 fully saturated rings. The van der Waals surface area contributed by atoms with Crippen LogP contribution in [-0.2, 0) is 11.2 Å². The fraction of sp³-hybridized carbons (Fsp3) is 0.500. The maximum absolute atomic E-state index is 11.0. The Balaban J connectivity index is 2.67. The Morgan fingerprint density at radius 3 is 2.44 bits per heavy atom. The van der Waals surface area contributed by atoms with Crippen molar-refractivity contribution in [2.45, 2.75) is 26.7 Å². The van der Waals surface area contributed by atoms with E-state index in [2.05, 4.69) is 0 Å². The highest BCUT2D eigenvalue weighted by Gasteiger charge is 2.32. The lowest BCUT2D eigenvalue weighted by Gasteiger charge is -2.26. The normalized spacial score (nSPS) is 13.0. The Kier molecular flexibility index (Phi) is 5.01. The quantitative estimate of drug-likeness (QED) is 0.424. The lowest BCUT2D eigenvalue weighted by molar-refractivity contribution is -0.491. The van der Waals surface area contributed by atoms with Gasteiger partial charge >= 0.3 is 0 Å². The third-order valence-corrected chi connectivity index (χ3v) is 3.35. The molecule has 0 aliphatic rings. The minimum absolute atomic E-state index is 0.154. The number of hydrogen-bond acceptors (Lipinski definition) is 3. The zero-order valence-electron chi connectivity index (χ0n) is 10.8. The van der Waals surface area contributed by atoms with Crippen LogP contribution in [0.1, 0.15) is 25.8 Å². The van der Waals surface area contributed by atoms with E-state index in [1.165, 1.54) is 0 Å². The number of aryl methyl sites for hydroxylation is 1. The van der Waals surface area contributed by atoms with Crippen molar-refractivity contribution < 1.29 is 9.72 Å².